The van der Waals surface area contributed by atoms with Crippen molar-refractivity contribution in [2.24, 2.45) is 5.92 Å². The molecule has 0 atom stereocenters. The number of nitrogens with one attached hydrogen (secondary N) is 2. The second-order valence-corrected chi connectivity index (χ2v) is 8.14. The van der Waals surface area contributed by atoms with E-state index in [1.807, 2.05) is 48.5 Å². The minimum atomic E-state index is -0.0267. The maximum atomic E-state index is 13.0. The van der Waals surface area contributed by atoms with Crippen LogP contribution in [0.2, 0.25) is 0 Å². The summed E-state index contributed by atoms with van der Waals surface area (Å²) in [5.74, 6) is 0.699. The number of amides is 1. The first-order valence-electron chi connectivity index (χ1n) is 10.9. The standard InChI is InChI=1S/C25H25N5O2/c26-23(18-6-7-18)21-9-8-19(24(31)30-10-12-32-13-11-30)14-22(21)29-25-27-15-20(16-28-25)17-4-2-1-3-5-17/h1-5,8-9,14-16,18,26H,6-7,10-13H2,(H,27,28,29). The lowest BCUT2D eigenvalue weighted by Crippen LogP contribution is -2.40. The minimum Gasteiger partial charge on any atom is -0.378 e. The summed E-state index contributed by atoms with van der Waals surface area (Å²) in [6, 6.07) is 15.5. The number of carbonyl (C=O) groups is 1. The lowest BCUT2D eigenvalue weighted by molar-refractivity contribution is 0.0303. The molecule has 0 bridgehead atoms. The molecule has 0 unspecified atom stereocenters. The van der Waals surface area contributed by atoms with Crippen LogP contribution < -0.4 is 5.32 Å². The molecule has 1 saturated carbocycles. The van der Waals surface area contributed by atoms with E-state index in [1.54, 1.807) is 17.3 Å². The molecule has 1 amide bonds. The molecule has 0 spiro atoms. The zero-order chi connectivity index (χ0) is 21.9. The van der Waals surface area contributed by atoms with Crippen LogP contribution in [-0.2, 0) is 4.74 Å². The van der Waals surface area contributed by atoms with Crippen LogP contribution in [0, 0.1) is 11.3 Å². The average Bonchev–Trinajstić information content (AvgIpc) is 3.70. The Morgan fingerprint density at radius 1 is 1.00 bits per heavy atom. The summed E-state index contributed by atoms with van der Waals surface area (Å²) in [6.45, 7) is 2.29. The van der Waals surface area contributed by atoms with E-state index in [-0.39, 0.29) is 11.8 Å². The molecule has 5 rings (SSSR count). The second kappa shape index (κ2) is 8.88. The quantitative estimate of drug-likeness (QED) is 0.577. The van der Waals surface area contributed by atoms with Gasteiger partial charge in [-0.05, 0) is 30.5 Å². The fourth-order valence-corrected chi connectivity index (χ4v) is 3.85. The number of hydrogen-bond donors (Lipinski definition) is 2. The Morgan fingerprint density at radius 2 is 1.72 bits per heavy atom. The van der Waals surface area contributed by atoms with Crippen LogP contribution in [0.25, 0.3) is 11.1 Å². The van der Waals surface area contributed by atoms with Gasteiger partial charge < -0.3 is 20.4 Å². The zero-order valence-corrected chi connectivity index (χ0v) is 17.8. The molecule has 1 saturated heterocycles. The third-order valence-electron chi connectivity index (χ3n) is 5.85. The van der Waals surface area contributed by atoms with Crippen molar-refractivity contribution in [2.45, 2.75) is 12.8 Å². The number of morpholine rings is 1. The van der Waals surface area contributed by atoms with E-state index in [1.165, 1.54) is 0 Å². The molecule has 7 nitrogen and oxygen atoms in total. The van der Waals surface area contributed by atoms with Gasteiger partial charge in [-0.25, -0.2) is 9.97 Å². The minimum absolute atomic E-state index is 0.0267. The van der Waals surface area contributed by atoms with Crippen molar-refractivity contribution in [2.75, 3.05) is 31.6 Å². The van der Waals surface area contributed by atoms with Gasteiger partial charge in [-0.1, -0.05) is 36.4 Å². The number of ether oxygens (including phenoxy) is 1. The van der Waals surface area contributed by atoms with Gasteiger partial charge in [0.1, 0.15) is 0 Å². The van der Waals surface area contributed by atoms with E-state index >= 15 is 0 Å². The number of aromatic nitrogens is 2. The molecule has 7 heteroatoms. The molecule has 1 aliphatic carbocycles. The maximum absolute atomic E-state index is 13.0. The van der Waals surface area contributed by atoms with Gasteiger partial charge in [0.2, 0.25) is 5.95 Å². The maximum Gasteiger partial charge on any atom is 0.254 e. The highest BCUT2D eigenvalue weighted by Crippen LogP contribution is 2.35. The van der Waals surface area contributed by atoms with Gasteiger partial charge in [0.25, 0.3) is 5.91 Å². The molecule has 0 radical (unpaired) electrons. The van der Waals surface area contributed by atoms with Crippen LogP contribution in [0.3, 0.4) is 0 Å². The summed E-state index contributed by atoms with van der Waals surface area (Å²) >= 11 is 0. The molecule has 1 aromatic heterocycles. The van der Waals surface area contributed by atoms with E-state index in [9.17, 15) is 4.79 Å². The molecule has 2 fully saturated rings. The Balaban J connectivity index is 1.42. The molecule has 2 aromatic carbocycles. The average molecular weight is 428 g/mol. The molecular weight excluding hydrogens is 402 g/mol. The van der Waals surface area contributed by atoms with Gasteiger partial charge in [0, 0.05) is 53.8 Å². The van der Waals surface area contributed by atoms with Crippen LogP contribution >= 0.6 is 0 Å². The summed E-state index contributed by atoms with van der Waals surface area (Å²) in [5, 5.41) is 11.8. The van der Waals surface area contributed by atoms with Gasteiger partial charge in [0.05, 0.1) is 18.9 Å². The van der Waals surface area contributed by atoms with E-state index < -0.39 is 0 Å². The van der Waals surface area contributed by atoms with Crippen molar-refractivity contribution in [3.8, 4) is 11.1 Å². The third kappa shape index (κ3) is 4.38. The van der Waals surface area contributed by atoms with Crippen molar-refractivity contribution in [3.63, 3.8) is 0 Å². The topological polar surface area (TPSA) is 91.2 Å². The van der Waals surface area contributed by atoms with Crippen molar-refractivity contribution >= 4 is 23.3 Å². The fourth-order valence-electron chi connectivity index (χ4n) is 3.85. The monoisotopic (exact) mass is 427 g/mol. The lowest BCUT2D eigenvalue weighted by atomic mass is 10.0. The Bertz CT molecular complexity index is 1120. The Kier molecular flexibility index (Phi) is 5.64. The summed E-state index contributed by atoms with van der Waals surface area (Å²) < 4.78 is 5.36. The Labute approximate surface area is 187 Å². The highest BCUT2D eigenvalue weighted by Gasteiger charge is 2.29. The van der Waals surface area contributed by atoms with E-state index in [4.69, 9.17) is 10.1 Å². The molecule has 1 aliphatic heterocycles. The highest BCUT2D eigenvalue weighted by molar-refractivity contribution is 6.07. The normalized spacial score (nSPS) is 15.9. The molecule has 2 heterocycles. The summed E-state index contributed by atoms with van der Waals surface area (Å²) in [6.07, 6.45) is 5.63. The first kappa shape index (κ1) is 20.3. The number of benzene rings is 2. The lowest BCUT2D eigenvalue weighted by Gasteiger charge is -2.27. The van der Waals surface area contributed by atoms with Crippen molar-refractivity contribution in [1.29, 1.82) is 5.41 Å². The Morgan fingerprint density at radius 3 is 2.41 bits per heavy atom. The molecule has 162 valence electrons. The number of hydrogen-bond acceptors (Lipinski definition) is 6. The van der Waals surface area contributed by atoms with Gasteiger partial charge in [-0.2, -0.15) is 0 Å². The predicted molar refractivity (Wildman–Crippen MR) is 123 cm³/mol. The van der Waals surface area contributed by atoms with E-state index in [2.05, 4.69) is 15.3 Å². The van der Waals surface area contributed by atoms with Gasteiger partial charge in [0.15, 0.2) is 0 Å². The predicted octanol–water partition coefficient (Wildman–Crippen LogP) is 4.14. The van der Waals surface area contributed by atoms with Crippen molar-refractivity contribution in [1.82, 2.24) is 14.9 Å². The van der Waals surface area contributed by atoms with Crippen molar-refractivity contribution < 1.29 is 9.53 Å². The Hall–Kier alpha value is -3.58. The summed E-state index contributed by atoms with van der Waals surface area (Å²) in [7, 11) is 0. The summed E-state index contributed by atoms with van der Waals surface area (Å²) in [5.41, 5.74) is 4.64. The molecule has 3 aromatic rings. The molecule has 32 heavy (non-hydrogen) atoms. The second-order valence-electron chi connectivity index (χ2n) is 8.14. The number of nitrogens with zero attached hydrogens (tertiary/aromatic N) is 3. The van der Waals surface area contributed by atoms with Crippen LogP contribution in [-0.4, -0.2) is 52.8 Å². The highest BCUT2D eigenvalue weighted by atomic mass is 16.5. The molecule has 2 N–H and O–H groups in total. The molecule has 2 aliphatic rings. The van der Waals surface area contributed by atoms with Gasteiger partial charge >= 0.3 is 0 Å². The first-order chi connectivity index (χ1) is 15.7. The largest absolute Gasteiger partial charge is 0.378 e. The smallest absolute Gasteiger partial charge is 0.254 e. The van der Waals surface area contributed by atoms with Gasteiger partial charge in [-0.3, -0.25) is 4.79 Å². The SMILES string of the molecule is N=C(c1ccc(C(=O)N2CCOCC2)cc1Nc1ncc(-c2ccccc2)cn1)C1CC1. The fraction of sp³-hybridized carbons (Fsp3) is 0.280. The van der Waals surface area contributed by atoms with Crippen LogP contribution in [0.15, 0.2) is 60.9 Å². The van der Waals surface area contributed by atoms with Crippen LogP contribution in [0.5, 0.6) is 0 Å². The third-order valence-corrected chi connectivity index (χ3v) is 5.85. The van der Waals surface area contributed by atoms with E-state index in [0.717, 1.165) is 29.5 Å². The zero-order valence-electron chi connectivity index (χ0n) is 17.8. The number of rotatable bonds is 6. The number of anilines is 2. The first-order valence-corrected chi connectivity index (χ1v) is 10.9. The van der Waals surface area contributed by atoms with Crippen LogP contribution in [0.4, 0.5) is 11.6 Å². The molecular formula is C25H25N5O2. The number of carbonyl (C=O) groups excluding carboxylic acids is 1. The van der Waals surface area contributed by atoms with Crippen LogP contribution in [0.1, 0.15) is 28.8 Å². The summed E-state index contributed by atoms with van der Waals surface area (Å²) in [4.78, 5) is 23.7. The van der Waals surface area contributed by atoms with Gasteiger partial charge in [-0.15, -0.1) is 0 Å². The van der Waals surface area contributed by atoms with Crippen molar-refractivity contribution in [3.05, 3.63) is 72.1 Å². The van der Waals surface area contributed by atoms with E-state index in [0.29, 0.717) is 49.2 Å².